The highest BCUT2D eigenvalue weighted by Crippen LogP contribution is 2.34. The van der Waals surface area contributed by atoms with Gasteiger partial charge in [0, 0.05) is 18.2 Å². The fourth-order valence-corrected chi connectivity index (χ4v) is 3.71. The molecule has 0 saturated heterocycles. The monoisotopic (exact) mass is 381 g/mol. The predicted molar refractivity (Wildman–Crippen MR) is 120 cm³/mol. The molecule has 4 N–H and O–H groups in total. The van der Waals surface area contributed by atoms with E-state index >= 15 is 0 Å². The lowest BCUT2D eigenvalue weighted by Gasteiger charge is -2.26. The Labute approximate surface area is 170 Å². The van der Waals surface area contributed by atoms with Gasteiger partial charge in [-0.05, 0) is 60.6 Å². The van der Waals surface area contributed by atoms with E-state index in [9.17, 15) is 0 Å². The van der Waals surface area contributed by atoms with Gasteiger partial charge in [-0.1, -0.05) is 45.4 Å². The van der Waals surface area contributed by atoms with Crippen molar-refractivity contribution in [1.82, 2.24) is 5.01 Å². The lowest BCUT2D eigenvalue weighted by atomic mass is 9.88. The summed E-state index contributed by atoms with van der Waals surface area (Å²) < 4.78 is 5.40. The summed E-state index contributed by atoms with van der Waals surface area (Å²) in [6.45, 7) is 6.23. The summed E-state index contributed by atoms with van der Waals surface area (Å²) in [6.07, 6.45) is 5.41. The Balaban J connectivity index is 0.00000136. The van der Waals surface area contributed by atoms with Crippen molar-refractivity contribution in [3.8, 4) is 5.75 Å². The number of unbranched alkanes of at least 4 members (excludes halogenated alkanes) is 1. The normalized spacial score (nSPS) is 15.4. The number of ether oxygens (including phenoxy) is 1. The highest BCUT2D eigenvalue weighted by atomic mass is 16.5. The van der Waals surface area contributed by atoms with Crippen LogP contribution in [0.4, 0.5) is 0 Å². The van der Waals surface area contributed by atoms with Gasteiger partial charge in [-0.2, -0.15) is 0 Å². The molecule has 4 nitrogen and oxygen atoms in total. The van der Waals surface area contributed by atoms with E-state index in [2.05, 4.69) is 31.2 Å². The number of hydrogen-bond donors (Lipinski definition) is 2. The van der Waals surface area contributed by atoms with Gasteiger partial charge in [-0.15, -0.1) is 0 Å². The number of fused-ring (bicyclic) bond motifs is 2. The zero-order valence-electron chi connectivity index (χ0n) is 18.0. The fourth-order valence-electron chi connectivity index (χ4n) is 3.71. The Morgan fingerprint density at radius 2 is 1.64 bits per heavy atom. The average Bonchev–Trinajstić information content (AvgIpc) is 2.71. The largest absolute Gasteiger partial charge is 0.497 e. The lowest BCUT2D eigenvalue weighted by Crippen LogP contribution is -2.28. The quantitative estimate of drug-likeness (QED) is 0.579. The van der Waals surface area contributed by atoms with Crippen molar-refractivity contribution >= 4 is 11.4 Å². The van der Waals surface area contributed by atoms with Gasteiger partial charge in [-0.3, -0.25) is 0 Å². The molecule has 1 aliphatic rings. The molecule has 4 heteroatoms. The highest BCUT2D eigenvalue weighted by molar-refractivity contribution is 5.90. The maximum atomic E-state index is 6.60. The summed E-state index contributed by atoms with van der Waals surface area (Å²) in [5.74, 6) is 7.05. The molecule has 152 valence electrons. The molecule has 0 fully saturated rings. The van der Waals surface area contributed by atoms with Crippen LogP contribution in [0.15, 0.2) is 36.4 Å². The van der Waals surface area contributed by atoms with E-state index in [0.717, 1.165) is 47.5 Å². The molecule has 0 aliphatic heterocycles. The summed E-state index contributed by atoms with van der Waals surface area (Å²) in [5.41, 5.74) is 14.3. The number of rotatable bonds is 5. The molecule has 2 aromatic rings. The summed E-state index contributed by atoms with van der Waals surface area (Å²) in [5, 5.41) is 1.64. The van der Waals surface area contributed by atoms with E-state index in [-0.39, 0.29) is 0 Å². The van der Waals surface area contributed by atoms with Gasteiger partial charge in [0.05, 0.1) is 18.5 Å². The Kier molecular flexibility index (Phi) is 7.94. The van der Waals surface area contributed by atoms with Crippen LogP contribution in [-0.4, -0.2) is 19.2 Å². The molecule has 0 heterocycles. The summed E-state index contributed by atoms with van der Waals surface area (Å²) in [4.78, 5) is 0. The minimum Gasteiger partial charge on any atom is -0.497 e. The molecule has 0 bridgehead atoms. The van der Waals surface area contributed by atoms with Crippen LogP contribution in [0.1, 0.15) is 61.4 Å². The van der Waals surface area contributed by atoms with E-state index in [1.807, 2.05) is 33.0 Å². The minimum atomic E-state index is 0.718. The summed E-state index contributed by atoms with van der Waals surface area (Å²) in [7, 11) is 3.54. The van der Waals surface area contributed by atoms with E-state index in [0.29, 0.717) is 0 Å². The fraction of sp³-hybridized carbons (Fsp3) is 0.417. The number of hydrogen-bond acceptors (Lipinski definition) is 4. The maximum absolute atomic E-state index is 6.60. The van der Waals surface area contributed by atoms with E-state index in [1.54, 1.807) is 12.1 Å². The summed E-state index contributed by atoms with van der Waals surface area (Å²) in [6, 6.07) is 12.8. The van der Waals surface area contributed by atoms with Crippen molar-refractivity contribution in [1.29, 1.82) is 0 Å². The molecular weight excluding hydrogens is 346 g/mol. The second-order valence-corrected chi connectivity index (χ2v) is 6.99. The van der Waals surface area contributed by atoms with Crippen LogP contribution >= 0.6 is 0 Å². The molecule has 1 aliphatic carbocycles. The molecule has 0 radical (unpaired) electrons. The van der Waals surface area contributed by atoms with Crippen molar-refractivity contribution in [3.05, 3.63) is 64.2 Å². The van der Waals surface area contributed by atoms with Crippen LogP contribution in [-0.2, 0) is 19.3 Å². The molecule has 0 unspecified atom stereocenters. The van der Waals surface area contributed by atoms with Crippen LogP contribution in [0.2, 0.25) is 0 Å². The van der Waals surface area contributed by atoms with E-state index in [4.69, 9.17) is 16.3 Å². The minimum absolute atomic E-state index is 0.718. The molecule has 0 aromatic heterocycles. The Morgan fingerprint density at radius 3 is 2.25 bits per heavy atom. The number of hydrazine groups is 1. The molecule has 3 rings (SSSR count). The first-order valence-corrected chi connectivity index (χ1v) is 10.3. The van der Waals surface area contributed by atoms with E-state index in [1.165, 1.54) is 29.5 Å². The molecule has 0 amide bonds. The molecule has 0 spiro atoms. The standard InChI is InChI=1S/C22H29N3O.C2H6/c1-4-5-6-15-7-11-20-16(13-15)8-9-17-14-18(26-3)10-12-19(17)21(23)22(20)25(2)24;1-2/h7,10-14H,4-6,8-9,23-24H2,1-3H3;1-2H3/b22-21-;. The van der Waals surface area contributed by atoms with E-state index < -0.39 is 0 Å². The topological polar surface area (TPSA) is 64.5 Å². The first-order chi connectivity index (χ1) is 13.5. The van der Waals surface area contributed by atoms with Gasteiger partial charge < -0.3 is 15.5 Å². The van der Waals surface area contributed by atoms with Gasteiger partial charge in [0.25, 0.3) is 0 Å². The molecular formula is C24H35N3O. The SMILES string of the molecule is CC.CCCCc1ccc2c(c1)CCc1cc(OC)ccc1/C(N)=C\2N(C)N. The Bertz CT molecular complexity index is 825. The number of nitrogens with two attached hydrogens (primary N) is 2. The van der Waals surface area contributed by atoms with Gasteiger partial charge in [0.2, 0.25) is 0 Å². The lowest BCUT2D eigenvalue weighted by molar-refractivity contribution is 0.414. The molecule has 0 saturated carbocycles. The van der Waals surface area contributed by atoms with Crippen molar-refractivity contribution in [2.45, 2.75) is 52.9 Å². The molecule has 2 aromatic carbocycles. The van der Waals surface area contributed by atoms with Crippen LogP contribution in [0, 0.1) is 0 Å². The second-order valence-electron chi connectivity index (χ2n) is 6.99. The third-order valence-corrected chi connectivity index (χ3v) is 5.12. The molecule has 28 heavy (non-hydrogen) atoms. The number of methoxy groups -OCH3 is 1. The smallest absolute Gasteiger partial charge is 0.119 e. The van der Waals surface area contributed by atoms with Crippen molar-refractivity contribution in [3.63, 3.8) is 0 Å². The van der Waals surface area contributed by atoms with Gasteiger partial charge in [0.15, 0.2) is 0 Å². The summed E-state index contributed by atoms with van der Waals surface area (Å²) >= 11 is 0. The van der Waals surface area contributed by atoms with Gasteiger partial charge >= 0.3 is 0 Å². The third-order valence-electron chi connectivity index (χ3n) is 5.12. The number of aryl methyl sites for hydroxylation is 3. The van der Waals surface area contributed by atoms with Crippen molar-refractivity contribution in [2.75, 3.05) is 14.2 Å². The third kappa shape index (κ3) is 4.68. The highest BCUT2D eigenvalue weighted by Gasteiger charge is 2.21. The number of nitrogens with zero attached hydrogens (tertiary/aromatic N) is 1. The van der Waals surface area contributed by atoms with Gasteiger partial charge in [-0.25, -0.2) is 5.84 Å². The zero-order valence-corrected chi connectivity index (χ0v) is 18.0. The van der Waals surface area contributed by atoms with Crippen molar-refractivity contribution < 1.29 is 4.74 Å². The van der Waals surface area contributed by atoms with Crippen molar-refractivity contribution in [2.24, 2.45) is 11.6 Å². The first kappa shape index (κ1) is 21.8. The average molecular weight is 382 g/mol. The Morgan fingerprint density at radius 1 is 1.00 bits per heavy atom. The predicted octanol–water partition coefficient (Wildman–Crippen LogP) is 4.75. The van der Waals surface area contributed by atoms with Gasteiger partial charge in [0.1, 0.15) is 5.75 Å². The molecule has 0 atom stereocenters. The Hall–Kier alpha value is -2.46. The zero-order chi connectivity index (χ0) is 20.7. The van der Waals surface area contributed by atoms with Crippen LogP contribution < -0.4 is 16.3 Å². The van der Waals surface area contributed by atoms with Crippen LogP contribution in [0.5, 0.6) is 5.75 Å². The van der Waals surface area contributed by atoms with Crippen LogP contribution in [0.3, 0.4) is 0 Å². The number of benzene rings is 2. The van der Waals surface area contributed by atoms with Crippen LogP contribution in [0.25, 0.3) is 11.4 Å². The maximum Gasteiger partial charge on any atom is 0.119 e. The second kappa shape index (κ2) is 10.2. The first-order valence-electron chi connectivity index (χ1n) is 10.3.